The lowest BCUT2D eigenvalue weighted by Crippen LogP contribution is -2.02. The lowest BCUT2D eigenvalue weighted by molar-refractivity contribution is 0.368. The monoisotopic (exact) mass is 334 g/mol. The van der Waals surface area contributed by atoms with Gasteiger partial charge in [-0.25, -0.2) is 4.39 Å². The van der Waals surface area contributed by atoms with Gasteiger partial charge < -0.3 is 17.3 Å². The molecule has 22 heavy (non-hydrogen) atoms. The molecule has 0 spiro atoms. The number of hydrogen-bond donors (Lipinski definition) is 0. The molecular formula is C15H16BF5S. The summed E-state index contributed by atoms with van der Waals surface area (Å²) in [4.78, 5) is 0.822. The zero-order valence-corrected chi connectivity index (χ0v) is 13.1. The van der Waals surface area contributed by atoms with E-state index in [9.17, 15) is 21.7 Å². The van der Waals surface area contributed by atoms with Gasteiger partial charge >= 0.3 is 7.25 Å². The Kier molecular flexibility index (Phi) is 6.47. The highest BCUT2D eigenvalue weighted by Crippen LogP contribution is 2.28. The van der Waals surface area contributed by atoms with Gasteiger partial charge in [-0.3, -0.25) is 0 Å². The zero-order chi connectivity index (χ0) is 16.9. The van der Waals surface area contributed by atoms with Gasteiger partial charge in [-0.05, 0) is 54.8 Å². The third-order valence-corrected chi connectivity index (χ3v) is 3.60. The van der Waals surface area contributed by atoms with Gasteiger partial charge in [0.2, 0.25) is 0 Å². The third-order valence-electron chi connectivity index (χ3n) is 3.13. The summed E-state index contributed by atoms with van der Waals surface area (Å²) < 4.78 is 52.1. The fourth-order valence-electron chi connectivity index (χ4n) is 1.91. The smallest absolute Gasteiger partial charge is 0.418 e. The van der Waals surface area contributed by atoms with Gasteiger partial charge in [0, 0.05) is 5.56 Å². The van der Waals surface area contributed by atoms with Crippen LogP contribution in [0.4, 0.5) is 21.7 Å². The lowest BCUT2D eigenvalue weighted by atomic mass is 9.97. The van der Waals surface area contributed by atoms with Crippen LogP contribution in [0.1, 0.15) is 16.7 Å². The number of alkyl halides is 1. The zero-order valence-electron chi connectivity index (χ0n) is 12.1. The minimum Gasteiger partial charge on any atom is -0.418 e. The summed E-state index contributed by atoms with van der Waals surface area (Å²) in [5.41, 5.74) is 5.23. The van der Waals surface area contributed by atoms with Crippen molar-refractivity contribution in [1.29, 1.82) is 0 Å². The molecular weight excluding hydrogens is 318 g/mol. The number of rotatable bonds is 2. The van der Waals surface area contributed by atoms with Crippen molar-refractivity contribution < 1.29 is 21.7 Å². The Morgan fingerprint density at radius 3 is 2.05 bits per heavy atom. The normalized spacial score (nSPS) is 10.9. The highest BCUT2D eigenvalue weighted by atomic mass is 32.1. The molecule has 2 aromatic rings. The number of aryl methyl sites for hydroxylation is 2. The van der Waals surface area contributed by atoms with E-state index in [-0.39, 0.29) is 0 Å². The largest absolute Gasteiger partial charge is 0.673 e. The second kappa shape index (κ2) is 7.67. The van der Waals surface area contributed by atoms with Crippen LogP contribution in [0.5, 0.6) is 0 Å². The standard InChI is InChI=1S/C15H15FS.BF4/c1-10-6-7-12(8-11(10)2)13-4-3-5-15(17)14(13)9-16;2-1(3,4)5/h3-8,17H,9H2,1-2H3;/q;-1/p+1. The second-order valence-corrected chi connectivity index (χ2v) is 5.30. The minimum atomic E-state index is -6.00. The van der Waals surface area contributed by atoms with Crippen LogP contribution in [0.3, 0.4) is 0 Å². The first kappa shape index (κ1) is 18.6. The van der Waals surface area contributed by atoms with E-state index in [1.54, 1.807) is 0 Å². The van der Waals surface area contributed by atoms with E-state index in [4.69, 9.17) is 0 Å². The van der Waals surface area contributed by atoms with Crippen molar-refractivity contribution in [2.45, 2.75) is 25.4 Å². The van der Waals surface area contributed by atoms with Crippen molar-refractivity contribution in [3.63, 3.8) is 0 Å². The maximum absolute atomic E-state index is 13.1. The molecule has 0 aliphatic rings. The van der Waals surface area contributed by atoms with Gasteiger partial charge in [0.05, 0.1) is 0 Å². The fraction of sp³-hybridized carbons (Fsp3) is 0.200. The van der Waals surface area contributed by atoms with Crippen LogP contribution >= 0.6 is 0 Å². The van der Waals surface area contributed by atoms with E-state index in [1.807, 2.05) is 24.3 Å². The number of hydrogen-bond acceptors (Lipinski definition) is 0. The van der Waals surface area contributed by atoms with Gasteiger partial charge in [0.25, 0.3) is 0 Å². The molecule has 0 N–H and O–H groups in total. The maximum atomic E-state index is 13.1. The Labute approximate surface area is 131 Å². The van der Waals surface area contributed by atoms with E-state index in [2.05, 4.69) is 38.6 Å². The molecule has 0 saturated carbocycles. The van der Waals surface area contributed by atoms with Crippen LogP contribution in [0, 0.1) is 13.8 Å². The molecule has 0 heterocycles. The Balaban J connectivity index is 0.000000422. The summed E-state index contributed by atoms with van der Waals surface area (Å²) >= 11 is 3.45. The highest BCUT2D eigenvalue weighted by molar-refractivity contribution is 7.58. The average molecular weight is 334 g/mol. The molecule has 0 fully saturated rings. The van der Waals surface area contributed by atoms with Crippen LogP contribution < -0.4 is 0 Å². The molecule has 0 nitrogen and oxygen atoms in total. The maximum Gasteiger partial charge on any atom is 0.673 e. The van der Waals surface area contributed by atoms with Crippen LogP contribution in [-0.4, -0.2) is 7.25 Å². The SMILES string of the molecule is Cc1ccc(-c2cccc([SH2+])c2CF)cc1C.F[B-](F)(F)F. The molecule has 0 aromatic heterocycles. The molecule has 0 bridgehead atoms. The molecule has 2 rings (SSSR count). The quantitative estimate of drug-likeness (QED) is 0.407. The minimum absolute atomic E-state index is 0.456. The van der Waals surface area contributed by atoms with Crippen LogP contribution in [0.25, 0.3) is 11.1 Å². The Bertz CT molecular complexity index is 634. The van der Waals surface area contributed by atoms with Crippen molar-refractivity contribution in [2.24, 2.45) is 0 Å². The molecule has 0 amide bonds. The Morgan fingerprint density at radius 2 is 1.55 bits per heavy atom. The van der Waals surface area contributed by atoms with Gasteiger partial charge in [-0.2, -0.15) is 0 Å². The van der Waals surface area contributed by atoms with Crippen molar-refractivity contribution in [3.8, 4) is 11.1 Å². The summed E-state index contributed by atoms with van der Waals surface area (Å²) in [6, 6.07) is 12.0. The summed E-state index contributed by atoms with van der Waals surface area (Å²) in [5, 5.41) is 0. The first-order valence-electron chi connectivity index (χ1n) is 6.48. The fourth-order valence-corrected chi connectivity index (χ4v) is 2.21. The average Bonchev–Trinajstić information content (AvgIpc) is 2.40. The summed E-state index contributed by atoms with van der Waals surface area (Å²) in [6.07, 6.45) is 0. The second-order valence-electron chi connectivity index (χ2n) is 4.76. The molecule has 0 aliphatic carbocycles. The third kappa shape index (κ3) is 5.71. The van der Waals surface area contributed by atoms with Gasteiger partial charge in [-0.15, -0.1) is 0 Å². The van der Waals surface area contributed by atoms with E-state index in [0.29, 0.717) is 5.56 Å². The molecule has 0 atom stereocenters. The highest BCUT2D eigenvalue weighted by Gasteiger charge is 2.20. The Hall–Kier alpha value is -1.50. The van der Waals surface area contributed by atoms with E-state index in [1.165, 1.54) is 11.1 Å². The summed E-state index contributed by atoms with van der Waals surface area (Å²) in [5.74, 6) is 0. The molecule has 120 valence electrons. The molecule has 2 aromatic carbocycles. The van der Waals surface area contributed by atoms with E-state index < -0.39 is 13.9 Å². The van der Waals surface area contributed by atoms with Gasteiger partial charge in [0.15, 0.2) is 4.90 Å². The lowest BCUT2D eigenvalue weighted by Gasteiger charge is -2.09. The summed E-state index contributed by atoms with van der Waals surface area (Å²) in [6.45, 7) is 3.70. The molecule has 0 aliphatic heterocycles. The molecule has 0 radical (unpaired) electrons. The van der Waals surface area contributed by atoms with Crippen molar-refractivity contribution in [2.75, 3.05) is 0 Å². The first-order valence-corrected chi connectivity index (χ1v) is 6.98. The van der Waals surface area contributed by atoms with Crippen LogP contribution in [0.2, 0.25) is 0 Å². The predicted octanol–water partition coefficient (Wildman–Crippen LogP) is 5.11. The molecule has 0 unspecified atom stereocenters. The molecule has 7 heteroatoms. The summed E-state index contributed by atoms with van der Waals surface area (Å²) in [7, 11) is -6.00. The number of benzene rings is 2. The van der Waals surface area contributed by atoms with Crippen LogP contribution in [0.15, 0.2) is 41.3 Å². The predicted molar refractivity (Wildman–Crippen MR) is 84.8 cm³/mol. The topological polar surface area (TPSA) is 0 Å². The van der Waals surface area contributed by atoms with Gasteiger partial charge in [0.1, 0.15) is 6.67 Å². The Morgan fingerprint density at radius 1 is 0.955 bits per heavy atom. The number of halogens is 5. The van der Waals surface area contributed by atoms with Crippen molar-refractivity contribution >= 4 is 19.9 Å². The van der Waals surface area contributed by atoms with Gasteiger partial charge in [-0.1, -0.05) is 30.3 Å². The van der Waals surface area contributed by atoms with E-state index >= 15 is 0 Å². The van der Waals surface area contributed by atoms with E-state index in [0.717, 1.165) is 16.0 Å². The molecule has 0 saturated heterocycles. The first-order chi connectivity index (χ1) is 10.1. The van der Waals surface area contributed by atoms with Crippen molar-refractivity contribution in [1.82, 2.24) is 0 Å². The van der Waals surface area contributed by atoms with Crippen LogP contribution in [-0.2, 0) is 19.3 Å². The van der Waals surface area contributed by atoms with Crippen molar-refractivity contribution in [3.05, 3.63) is 53.1 Å².